The Morgan fingerprint density at radius 1 is 1.20 bits per heavy atom. The number of carbonyl (C=O) groups excluding carboxylic acids is 1. The largest absolute Gasteiger partial charge is 0.489 e. The number of ether oxygens (including phenoxy) is 3. The Hall–Kier alpha value is -2.80. The summed E-state index contributed by atoms with van der Waals surface area (Å²) in [6.07, 6.45) is 0.727. The fraction of sp³-hybridized carbons (Fsp3) is 0.235. The van der Waals surface area contributed by atoms with Crippen molar-refractivity contribution in [3.8, 4) is 11.5 Å². The standard InChI is InChI=1S/C17H14ClNO6/c18-14-8-12(9-15-16(14)24-7-1-6-23-15)17(20)25-10-11-2-4-13(5-3-11)19(21)22/h2-5,8-9H,1,6-7,10H2. The number of hydrogen-bond acceptors (Lipinski definition) is 6. The average Bonchev–Trinajstić information content (AvgIpc) is 2.85. The van der Waals surface area contributed by atoms with Crippen LogP contribution >= 0.6 is 11.6 Å². The highest BCUT2D eigenvalue weighted by Crippen LogP contribution is 2.38. The molecule has 1 heterocycles. The summed E-state index contributed by atoms with van der Waals surface area (Å²) in [4.78, 5) is 22.4. The van der Waals surface area contributed by atoms with Crippen LogP contribution in [-0.4, -0.2) is 24.1 Å². The molecule has 0 spiro atoms. The monoisotopic (exact) mass is 363 g/mol. The van der Waals surface area contributed by atoms with Gasteiger partial charge in [0.1, 0.15) is 6.61 Å². The number of benzene rings is 2. The van der Waals surface area contributed by atoms with Crippen molar-refractivity contribution in [1.29, 1.82) is 0 Å². The molecule has 1 aliphatic heterocycles. The van der Waals surface area contributed by atoms with Crippen molar-refractivity contribution in [3.05, 3.63) is 62.7 Å². The van der Waals surface area contributed by atoms with Gasteiger partial charge in [-0.15, -0.1) is 0 Å². The fourth-order valence-corrected chi connectivity index (χ4v) is 2.56. The van der Waals surface area contributed by atoms with Gasteiger partial charge in [-0.05, 0) is 29.8 Å². The predicted octanol–water partition coefficient (Wildman–Crippen LogP) is 3.77. The van der Waals surface area contributed by atoms with E-state index in [2.05, 4.69) is 0 Å². The first kappa shape index (κ1) is 17.0. The van der Waals surface area contributed by atoms with Crippen LogP contribution in [0.2, 0.25) is 5.02 Å². The molecule has 0 fully saturated rings. The summed E-state index contributed by atoms with van der Waals surface area (Å²) in [7, 11) is 0. The second-order valence-electron chi connectivity index (χ2n) is 5.34. The molecule has 0 saturated carbocycles. The molecule has 0 N–H and O–H groups in total. The van der Waals surface area contributed by atoms with Gasteiger partial charge in [-0.25, -0.2) is 4.79 Å². The molecular weight excluding hydrogens is 350 g/mol. The Kier molecular flexibility index (Phi) is 5.04. The third kappa shape index (κ3) is 4.00. The van der Waals surface area contributed by atoms with Crippen LogP contribution in [0.1, 0.15) is 22.3 Å². The molecule has 8 heteroatoms. The van der Waals surface area contributed by atoms with Crippen LogP contribution in [0.4, 0.5) is 5.69 Å². The predicted molar refractivity (Wildman–Crippen MR) is 89.3 cm³/mol. The van der Waals surface area contributed by atoms with Gasteiger partial charge in [0.05, 0.1) is 28.7 Å². The topological polar surface area (TPSA) is 87.9 Å². The molecule has 0 atom stereocenters. The van der Waals surface area contributed by atoms with Gasteiger partial charge >= 0.3 is 5.97 Å². The lowest BCUT2D eigenvalue weighted by Crippen LogP contribution is -2.06. The number of hydrogen-bond donors (Lipinski definition) is 0. The highest BCUT2D eigenvalue weighted by Gasteiger charge is 2.19. The Morgan fingerprint density at radius 2 is 1.92 bits per heavy atom. The van der Waals surface area contributed by atoms with E-state index in [4.69, 9.17) is 25.8 Å². The highest BCUT2D eigenvalue weighted by atomic mass is 35.5. The summed E-state index contributed by atoms with van der Waals surface area (Å²) in [6, 6.07) is 8.78. The third-order valence-corrected chi connectivity index (χ3v) is 3.84. The number of carbonyl (C=O) groups is 1. The van der Waals surface area contributed by atoms with E-state index in [1.165, 1.54) is 36.4 Å². The quantitative estimate of drug-likeness (QED) is 0.467. The highest BCUT2D eigenvalue weighted by molar-refractivity contribution is 6.32. The summed E-state index contributed by atoms with van der Waals surface area (Å²) < 4.78 is 16.3. The molecular formula is C17H14ClNO6. The summed E-state index contributed by atoms with van der Waals surface area (Å²) in [5, 5.41) is 10.9. The van der Waals surface area contributed by atoms with Crippen LogP contribution in [0.5, 0.6) is 11.5 Å². The number of fused-ring (bicyclic) bond motifs is 1. The first-order valence-electron chi connectivity index (χ1n) is 7.54. The van der Waals surface area contributed by atoms with Crippen LogP contribution in [0.25, 0.3) is 0 Å². The first-order valence-corrected chi connectivity index (χ1v) is 7.92. The number of esters is 1. The van der Waals surface area contributed by atoms with Gasteiger partial charge in [-0.3, -0.25) is 10.1 Å². The third-order valence-electron chi connectivity index (χ3n) is 3.55. The number of non-ortho nitro benzene ring substituents is 1. The Labute approximate surface area is 148 Å². The maximum Gasteiger partial charge on any atom is 0.338 e. The van der Waals surface area contributed by atoms with Gasteiger partial charge < -0.3 is 14.2 Å². The SMILES string of the molecule is O=C(OCc1ccc([N+](=O)[O-])cc1)c1cc(Cl)c2c(c1)OCCCO2. The molecule has 0 radical (unpaired) electrons. The van der Waals surface area contributed by atoms with E-state index in [1.807, 2.05) is 0 Å². The maximum atomic E-state index is 12.2. The van der Waals surface area contributed by atoms with E-state index in [9.17, 15) is 14.9 Å². The molecule has 25 heavy (non-hydrogen) atoms. The Bertz CT molecular complexity index is 806. The lowest BCUT2D eigenvalue weighted by molar-refractivity contribution is -0.384. The van der Waals surface area contributed by atoms with Crippen molar-refractivity contribution < 1.29 is 23.9 Å². The van der Waals surface area contributed by atoms with E-state index < -0.39 is 10.9 Å². The molecule has 0 aromatic heterocycles. The molecule has 0 amide bonds. The zero-order valence-corrected chi connectivity index (χ0v) is 13.8. The second-order valence-corrected chi connectivity index (χ2v) is 5.74. The van der Waals surface area contributed by atoms with Crippen molar-refractivity contribution in [2.24, 2.45) is 0 Å². The minimum atomic E-state index is -0.573. The van der Waals surface area contributed by atoms with E-state index in [0.29, 0.717) is 30.3 Å². The number of nitro benzene ring substituents is 1. The molecule has 130 valence electrons. The minimum Gasteiger partial charge on any atom is -0.489 e. The number of nitro groups is 1. The van der Waals surface area contributed by atoms with Crippen LogP contribution in [0.3, 0.4) is 0 Å². The number of rotatable bonds is 4. The molecule has 1 aliphatic rings. The van der Waals surface area contributed by atoms with Crippen molar-refractivity contribution in [2.75, 3.05) is 13.2 Å². The van der Waals surface area contributed by atoms with E-state index in [-0.39, 0.29) is 22.9 Å². The first-order chi connectivity index (χ1) is 12.0. The van der Waals surface area contributed by atoms with Gasteiger partial charge in [-0.2, -0.15) is 0 Å². The minimum absolute atomic E-state index is 0.0110. The normalized spacial score (nSPS) is 13.0. The number of nitrogens with zero attached hydrogens (tertiary/aromatic N) is 1. The molecule has 2 aromatic carbocycles. The molecule has 3 rings (SSSR count). The fourth-order valence-electron chi connectivity index (χ4n) is 2.29. The van der Waals surface area contributed by atoms with Crippen LogP contribution in [0.15, 0.2) is 36.4 Å². The van der Waals surface area contributed by atoms with Gasteiger partial charge in [0, 0.05) is 18.6 Å². The van der Waals surface area contributed by atoms with Crippen LogP contribution in [0, 0.1) is 10.1 Å². The lowest BCUT2D eigenvalue weighted by Gasteiger charge is -2.11. The molecule has 0 saturated heterocycles. The van der Waals surface area contributed by atoms with Gasteiger partial charge in [-0.1, -0.05) is 11.6 Å². The lowest BCUT2D eigenvalue weighted by atomic mass is 10.2. The molecule has 7 nitrogen and oxygen atoms in total. The van der Waals surface area contributed by atoms with Gasteiger partial charge in [0.25, 0.3) is 5.69 Å². The second kappa shape index (κ2) is 7.40. The average molecular weight is 364 g/mol. The molecule has 0 unspecified atom stereocenters. The van der Waals surface area contributed by atoms with Crippen LogP contribution < -0.4 is 9.47 Å². The van der Waals surface area contributed by atoms with E-state index in [0.717, 1.165) is 6.42 Å². The van der Waals surface area contributed by atoms with Gasteiger partial charge in [0.15, 0.2) is 11.5 Å². The summed E-state index contributed by atoms with van der Waals surface area (Å²) in [5.41, 5.74) is 0.861. The number of halogens is 1. The smallest absolute Gasteiger partial charge is 0.338 e. The van der Waals surface area contributed by atoms with Crippen LogP contribution in [-0.2, 0) is 11.3 Å². The Morgan fingerprint density at radius 3 is 2.64 bits per heavy atom. The molecule has 0 bridgehead atoms. The zero-order chi connectivity index (χ0) is 17.8. The summed E-state index contributed by atoms with van der Waals surface area (Å²) >= 11 is 6.15. The van der Waals surface area contributed by atoms with Crippen molar-refractivity contribution in [3.63, 3.8) is 0 Å². The summed E-state index contributed by atoms with van der Waals surface area (Å²) in [6.45, 7) is 0.962. The summed E-state index contributed by atoms with van der Waals surface area (Å²) in [5.74, 6) is 0.259. The zero-order valence-electron chi connectivity index (χ0n) is 13.1. The molecule has 0 aliphatic carbocycles. The van der Waals surface area contributed by atoms with E-state index >= 15 is 0 Å². The molecule has 2 aromatic rings. The van der Waals surface area contributed by atoms with Gasteiger partial charge in [0.2, 0.25) is 0 Å². The Balaban J connectivity index is 1.70. The van der Waals surface area contributed by atoms with Crippen molar-refractivity contribution >= 4 is 23.3 Å². The maximum absolute atomic E-state index is 12.2. The van der Waals surface area contributed by atoms with E-state index in [1.54, 1.807) is 0 Å². The van der Waals surface area contributed by atoms with Crippen molar-refractivity contribution in [1.82, 2.24) is 0 Å². The van der Waals surface area contributed by atoms with Crippen molar-refractivity contribution in [2.45, 2.75) is 13.0 Å².